The lowest BCUT2D eigenvalue weighted by molar-refractivity contribution is -0.0465. The predicted octanol–water partition coefficient (Wildman–Crippen LogP) is 4.17. The highest BCUT2D eigenvalue weighted by atomic mass is 79.9. The summed E-state index contributed by atoms with van der Waals surface area (Å²) in [5, 5.41) is 8.43. The molecule has 5 nitrogen and oxygen atoms in total. The van der Waals surface area contributed by atoms with Gasteiger partial charge in [-0.3, -0.25) is 4.90 Å². The van der Waals surface area contributed by atoms with E-state index >= 15 is 0 Å². The standard InChI is InChI=1S/C18H24BrN3O2/c1-12(2)9-17-20-21-18(24-17)13(3)22-7-8-23-16(11-22)14-5-4-6-15(19)10-14/h4-6,10,12-13,16H,7-9,11H2,1-3H3. The Morgan fingerprint density at radius 1 is 1.29 bits per heavy atom. The quantitative estimate of drug-likeness (QED) is 0.762. The van der Waals surface area contributed by atoms with Crippen molar-refractivity contribution < 1.29 is 9.15 Å². The Kier molecular flexibility index (Phi) is 5.69. The van der Waals surface area contributed by atoms with Gasteiger partial charge in [-0.1, -0.05) is 41.9 Å². The molecule has 1 fully saturated rings. The molecular formula is C18H24BrN3O2. The summed E-state index contributed by atoms with van der Waals surface area (Å²) in [6.45, 7) is 8.81. The molecule has 1 aliphatic rings. The molecule has 6 heteroatoms. The monoisotopic (exact) mass is 393 g/mol. The second-order valence-corrected chi connectivity index (χ2v) is 7.63. The van der Waals surface area contributed by atoms with Crippen molar-refractivity contribution in [2.75, 3.05) is 19.7 Å². The Labute approximate surface area is 151 Å². The normalized spacial score (nSPS) is 20.5. The van der Waals surface area contributed by atoms with E-state index in [4.69, 9.17) is 9.15 Å². The van der Waals surface area contributed by atoms with Crippen LogP contribution in [0.15, 0.2) is 33.2 Å². The molecule has 3 rings (SSSR count). The van der Waals surface area contributed by atoms with Crippen LogP contribution in [0.2, 0.25) is 0 Å². The maximum absolute atomic E-state index is 5.96. The van der Waals surface area contributed by atoms with Crippen LogP contribution in [-0.2, 0) is 11.2 Å². The summed E-state index contributed by atoms with van der Waals surface area (Å²) in [6, 6.07) is 8.39. The highest BCUT2D eigenvalue weighted by Crippen LogP contribution is 2.29. The lowest BCUT2D eigenvalue weighted by Gasteiger charge is -2.35. The number of nitrogens with zero attached hydrogens (tertiary/aromatic N) is 3. The van der Waals surface area contributed by atoms with Crippen LogP contribution in [0.3, 0.4) is 0 Å². The molecule has 24 heavy (non-hydrogen) atoms. The van der Waals surface area contributed by atoms with Crippen molar-refractivity contribution in [2.45, 2.75) is 39.3 Å². The Morgan fingerprint density at radius 2 is 2.12 bits per heavy atom. The zero-order valence-electron chi connectivity index (χ0n) is 14.4. The highest BCUT2D eigenvalue weighted by molar-refractivity contribution is 9.10. The number of aromatic nitrogens is 2. The molecule has 0 aliphatic carbocycles. The second kappa shape index (κ2) is 7.76. The van der Waals surface area contributed by atoms with E-state index in [0.29, 0.717) is 18.4 Å². The lowest BCUT2D eigenvalue weighted by Crippen LogP contribution is -2.40. The molecule has 2 aromatic rings. The van der Waals surface area contributed by atoms with Gasteiger partial charge in [-0.25, -0.2) is 0 Å². The lowest BCUT2D eigenvalue weighted by atomic mass is 10.1. The van der Waals surface area contributed by atoms with Crippen LogP contribution in [0, 0.1) is 5.92 Å². The van der Waals surface area contributed by atoms with Gasteiger partial charge in [0, 0.05) is 24.0 Å². The van der Waals surface area contributed by atoms with Gasteiger partial charge in [0.1, 0.15) is 0 Å². The van der Waals surface area contributed by atoms with Gasteiger partial charge < -0.3 is 9.15 Å². The third-order valence-corrected chi connectivity index (χ3v) is 4.78. The number of rotatable bonds is 5. The number of hydrogen-bond donors (Lipinski definition) is 0. The van der Waals surface area contributed by atoms with E-state index in [2.05, 4.69) is 63.9 Å². The maximum atomic E-state index is 5.96. The molecule has 0 bridgehead atoms. The van der Waals surface area contributed by atoms with Crippen LogP contribution in [-0.4, -0.2) is 34.8 Å². The van der Waals surface area contributed by atoms with Gasteiger partial charge in [-0.2, -0.15) is 0 Å². The third kappa shape index (κ3) is 4.23. The SMILES string of the molecule is CC(C)Cc1nnc(C(C)N2CCOC(c3cccc(Br)c3)C2)o1. The van der Waals surface area contributed by atoms with Crippen LogP contribution in [0.25, 0.3) is 0 Å². The number of benzene rings is 1. The molecule has 0 saturated carbocycles. The molecule has 0 spiro atoms. The number of hydrogen-bond acceptors (Lipinski definition) is 5. The topological polar surface area (TPSA) is 51.4 Å². The first-order valence-corrected chi connectivity index (χ1v) is 9.25. The maximum Gasteiger partial charge on any atom is 0.233 e. The summed E-state index contributed by atoms with van der Waals surface area (Å²) in [6.07, 6.45) is 0.889. The minimum absolute atomic E-state index is 0.0664. The van der Waals surface area contributed by atoms with Crippen LogP contribution in [0.1, 0.15) is 50.3 Å². The summed E-state index contributed by atoms with van der Waals surface area (Å²) in [4.78, 5) is 2.35. The number of morpholine rings is 1. The van der Waals surface area contributed by atoms with E-state index in [0.717, 1.165) is 29.9 Å². The van der Waals surface area contributed by atoms with Gasteiger partial charge in [-0.05, 0) is 30.5 Å². The van der Waals surface area contributed by atoms with Crippen LogP contribution in [0.5, 0.6) is 0 Å². The van der Waals surface area contributed by atoms with Crippen molar-refractivity contribution in [3.63, 3.8) is 0 Å². The van der Waals surface area contributed by atoms with Gasteiger partial charge in [-0.15, -0.1) is 10.2 Å². The minimum atomic E-state index is 0.0664. The van der Waals surface area contributed by atoms with Gasteiger partial charge in [0.15, 0.2) is 0 Å². The van der Waals surface area contributed by atoms with Crippen molar-refractivity contribution in [2.24, 2.45) is 5.92 Å². The molecule has 130 valence electrons. The largest absolute Gasteiger partial charge is 0.424 e. The van der Waals surface area contributed by atoms with Crippen LogP contribution in [0.4, 0.5) is 0 Å². The minimum Gasteiger partial charge on any atom is -0.424 e. The van der Waals surface area contributed by atoms with E-state index < -0.39 is 0 Å². The van der Waals surface area contributed by atoms with Crippen molar-refractivity contribution in [3.8, 4) is 0 Å². The fourth-order valence-electron chi connectivity index (χ4n) is 2.95. The first kappa shape index (κ1) is 17.6. The van der Waals surface area contributed by atoms with Crippen molar-refractivity contribution in [3.05, 3.63) is 46.1 Å². The highest BCUT2D eigenvalue weighted by Gasteiger charge is 2.28. The van der Waals surface area contributed by atoms with E-state index in [1.54, 1.807) is 0 Å². The fraction of sp³-hybridized carbons (Fsp3) is 0.556. The molecule has 1 saturated heterocycles. The Hall–Kier alpha value is -1.24. The van der Waals surface area contributed by atoms with Gasteiger partial charge in [0.05, 0.1) is 18.8 Å². The summed E-state index contributed by atoms with van der Waals surface area (Å²) in [5.74, 6) is 1.93. The molecule has 1 aliphatic heterocycles. The molecule has 2 unspecified atom stereocenters. The second-order valence-electron chi connectivity index (χ2n) is 6.72. The number of ether oxygens (including phenoxy) is 1. The van der Waals surface area contributed by atoms with Gasteiger partial charge >= 0.3 is 0 Å². The summed E-state index contributed by atoms with van der Waals surface area (Å²) in [7, 11) is 0. The zero-order chi connectivity index (χ0) is 17.1. The Morgan fingerprint density at radius 3 is 2.88 bits per heavy atom. The van der Waals surface area contributed by atoms with Crippen molar-refractivity contribution in [1.29, 1.82) is 0 Å². The molecule has 1 aromatic heterocycles. The Balaban J connectivity index is 1.68. The van der Waals surface area contributed by atoms with Crippen LogP contribution >= 0.6 is 15.9 Å². The number of halogens is 1. The smallest absolute Gasteiger partial charge is 0.233 e. The first-order valence-electron chi connectivity index (χ1n) is 8.46. The molecule has 2 atom stereocenters. The van der Waals surface area contributed by atoms with Gasteiger partial charge in [0.2, 0.25) is 11.8 Å². The molecule has 0 N–H and O–H groups in total. The molecule has 0 amide bonds. The summed E-state index contributed by atoms with van der Waals surface area (Å²) >= 11 is 3.53. The van der Waals surface area contributed by atoms with E-state index in [1.165, 1.54) is 5.56 Å². The van der Waals surface area contributed by atoms with E-state index in [1.807, 2.05) is 12.1 Å². The van der Waals surface area contributed by atoms with E-state index in [9.17, 15) is 0 Å². The van der Waals surface area contributed by atoms with Crippen molar-refractivity contribution >= 4 is 15.9 Å². The predicted molar refractivity (Wildman–Crippen MR) is 95.7 cm³/mol. The zero-order valence-corrected chi connectivity index (χ0v) is 16.0. The average molecular weight is 394 g/mol. The average Bonchev–Trinajstić information content (AvgIpc) is 3.02. The molecule has 1 aromatic carbocycles. The molecular weight excluding hydrogens is 370 g/mol. The third-order valence-electron chi connectivity index (χ3n) is 4.29. The molecule has 0 radical (unpaired) electrons. The summed E-state index contributed by atoms with van der Waals surface area (Å²) < 4.78 is 12.9. The fourth-order valence-corrected chi connectivity index (χ4v) is 3.37. The van der Waals surface area contributed by atoms with E-state index in [-0.39, 0.29) is 12.1 Å². The van der Waals surface area contributed by atoms with Crippen LogP contribution < -0.4 is 0 Å². The van der Waals surface area contributed by atoms with Crippen molar-refractivity contribution in [1.82, 2.24) is 15.1 Å². The molecule has 2 heterocycles. The first-order chi connectivity index (χ1) is 11.5. The van der Waals surface area contributed by atoms with Gasteiger partial charge in [0.25, 0.3) is 0 Å². The Bertz CT molecular complexity index is 674. The summed E-state index contributed by atoms with van der Waals surface area (Å²) in [5.41, 5.74) is 1.19.